The van der Waals surface area contributed by atoms with Crippen molar-refractivity contribution in [3.8, 4) is 0 Å². The predicted molar refractivity (Wildman–Crippen MR) is 108 cm³/mol. The third kappa shape index (κ3) is 5.07. The van der Waals surface area contributed by atoms with E-state index in [-0.39, 0.29) is 24.9 Å². The summed E-state index contributed by atoms with van der Waals surface area (Å²) >= 11 is 0. The van der Waals surface area contributed by atoms with Gasteiger partial charge in [-0.15, -0.1) is 12.4 Å². The highest BCUT2D eigenvalue weighted by Crippen LogP contribution is 2.22. The predicted octanol–water partition coefficient (Wildman–Crippen LogP) is 2.96. The molecule has 0 saturated carbocycles. The monoisotopic (exact) mass is 375 g/mol. The van der Waals surface area contributed by atoms with Gasteiger partial charge in [0.2, 0.25) is 11.8 Å². The summed E-state index contributed by atoms with van der Waals surface area (Å²) < 4.78 is 0. The van der Waals surface area contributed by atoms with E-state index in [9.17, 15) is 9.59 Å². The number of aryl methyl sites for hydroxylation is 3. The van der Waals surface area contributed by atoms with E-state index in [1.54, 1.807) is 19.1 Å². The van der Waals surface area contributed by atoms with Gasteiger partial charge in [-0.25, -0.2) is 0 Å². The van der Waals surface area contributed by atoms with Crippen molar-refractivity contribution in [3.63, 3.8) is 0 Å². The van der Waals surface area contributed by atoms with Crippen LogP contribution in [0.5, 0.6) is 0 Å². The Morgan fingerprint density at radius 2 is 1.58 bits per heavy atom. The molecule has 4 N–H and O–H groups in total. The molecule has 26 heavy (non-hydrogen) atoms. The molecule has 1 unspecified atom stereocenters. The fourth-order valence-corrected chi connectivity index (χ4v) is 2.82. The smallest absolute Gasteiger partial charge is 0.244 e. The maximum atomic E-state index is 12.4. The molecule has 6 heteroatoms. The van der Waals surface area contributed by atoms with Gasteiger partial charge in [0, 0.05) is 5.69 Å². The Morgan fingerprint density at radius 1 is 1.04 bits per heavy atom. The van der Waals surface area contributed by atoms with Crippen LogP contribution in [0.25, 0.3) is 0 Å². The molecule has 1 atom stereocenters. The first-order valence-corrected chi connectivity index (χ1v) is 8.22. The summed E-state index contributed by atoms with van der Waals surface area (Å²) in [5.41, 5.74) is 9.54. The zero-order chi connectivity index (χ0) is 18.6. The summed E-state index contributed by atoms with van der Waals surface area (Å²) in [7, 11) is 0. The van der Waals surface area contributed by atoms with Crippen molar-refractivity contribution in [2.75, 3.05) is 11.9 Å². The summed E-state index contributed by atoms with van der Waals surface area (Å²) in [4.78, 5) is 24.6. The lowest BCUT2D eigenvalue weighted by Crippen LogP contribution is -2.50. The maximum Gasteiger partial charge on any atom is 0.244 e. The number of anilines is 1. The Hall–Kier alpha value is -2.37. The molecular formula is C20H26ClN3O2. The fraction of sp³-hybridized carbons (Fsp3) is 0.300. The first kappa shape index (κ1) is 21.7. The molecular weight excluding hydrogens is 350 g/mol. The summed E-state index contributed by atoms with van der Waals surface area (Å²) in [6.07, 6.45) is 0. The van der Waals surface area contributed by atoms with Gasteiger partial charge < -0.3 is 16.4 Å². The molecule has 0 aliphatic heterocycles. The van der Waals surface area contributed by atoms with Gasteiger partial charge in [-0.3, -0.25) is 9.59 Å². The summed E-state index contributed by atoms with van der Waals surface area (Å²) in [6, 6.07) is 13.1. The summed E-state index contributed by atoms with van der Waals surface area (Å²) in [5.74, 6) is -0.682. The number of halogens is 1. The molecule has 0 heterocycles. The lowest BCUT2D eigenvalue weighted by atomic mass is 9.92. The second kappa shape index (κ2) is 8.83. The van der Waals surface area contributed by atoms with Gasteiger partial charge in [0.05, 0.1) is 6.54 Å². The topological polar surface area (TPSA) is 84.2 Å². The average molecular weight is 376 g/mol. The number of carbonyl (C=O) groups excluding carboxylic acids is 2. The molecule has 2 rings (SSSR count). The third-order valence-corrected chi connectivity index (χ3v) is 4.20. The first-order valence-electron chi connectivity index (χ1n) is 8.22. The minimum Gasteiger partial charge on any atom is -0.345 e. The highest BCUT2D eigenvalue weighted by Gasteiger charge is 2.30. The van der Waals surface area contributed by atoms with Crippen molar-refractivity contribution in [2.24, 2.45) is 5.73 Å². The number of carbonyl (C=O) groups is 2. The van der Waals surface area contributed by atoms with Crippen molar-refractivity contribution in [1.29, 1.82) is 0 Å². The Morgan fingerprint density at radius 3 is 2.12 bits per heavy atom. The Labute approximate surface area is 160 Å². The molecule has 0 aromatic heterocycles. The zero-order valence-electron chi connectivity index (χ0n) is 15.6. The SMILES string of the molecule is Cc1cc(C)c(NC(=O)CNC(=O)C(C)(N)c2ccccc2)c(C)c1.Cl. The molecule has 140 valence electrons. The van der Waals surface area contributed by atoms with Crippen LogP contribution in [0.2, 0.25) is 0 Å². The summed E-state index contributed by atoms with van der Waals surface area (Å²) in [5, 5.41) is 5.47. The van der Waals surface area contributed by atoms with E-state index in [4.69, 9.17) is 5.73 Å². The van der Waals surface area contributed by atoms with Crippen LogP contribution in [0.4, 0.5) is 5.69 Å². The van der Waals surface area contributed by atoms with Crippen LogP contribution >= 0.6 is 12.4 Å². The van der Waals surface area contributed by atoms with E-state index in [2.05, 4.69) is 10.6 Å². The van der Waals surface area contributed by atoms with Crippen LogP contribution in [0.3, 0.4) is 0 Å². The highest BCUT2D eigenvalue weighted by molar-refractivity contribution is 5.97. The fourth-order valence-electron chi connectivity index (χ4n) is 2.82. The zero-order valence-corrected chi connectivity index (χ0v) is 16.4. The Balaban J connectivity index is 0.00000338. The van der Waals surface area contributed by atoms with Crippen molar-refractivity contribution in [1.82, 2.24) is 5.32 Å². The van der Waals surface area contributed by atoms with Gasteiger partial charge in [-0.05, 0) is 44.4 Å². The third-order valence-electron chi connectivity index (χ3n) is 4.20. The number of nitrogens with one attached hydrogen (secondary N) is 2. The Bertz CT molecular complexity index is 766. The van der Waals surface area contributed by atoms with Crippen LogP contribution in [0.15, 0.2) is 42.5 Å². The first-order chi connectivity index (χ1) is 11.7. The lowest BCUT2D eigenvalue weighted by molar-refractivity contribution is -0.128. The Kier molecular flexibility index (Phi) is 7.36. The largest absolute Gasteiger partial charge is 0.345 e. The van der Waals surface area contributed by atoms with Crippen molar-refractivity contribution in [3.05, 3.63) is 64.7 Å². The van der Waals surface area contributed by atoms with Crippen LogP contribution in [-0.2, 0) is 15.1 Å². The van der Waals surface area contributed by atoms with Gasteiger partial charge in [0.25, 0.3) is 0 Å². The molecule has 2 amide bonds. The lowest BCUT2D eigenvalue weighted by Gasteiger charge is -2.24. The maximum absolute atomic E-state index is 12.4. The van der Waals surface area contributed by atoms with E-state index >= 15 is 0 Å². The number of hydrogen-bond donors (Lipinski definition) is 3. The average Bonchev–Trinajstić information content (AvgIpc) is 2.56. The van der Waals surface area contributed by atoms with Gasteiger partial charge >= 0.3 is 0 Å². The van der Waals surface area contributed by atoms with Crippen LogP contribution in [0.1, 0.15) is 29.2 Å². The minimum atomic E-state index is -1.20. The second-order valence-corrected chi connectivity index (χ2v) is 6.57. The van der Waals surface area contributed by atoms with Gasteiger partial charge in [0.15, 0.2) is 0 Å². The number of amides is 2. The number of rotatable bonds is 5. The van der Waals surface area contributed by atoms with Gasteiger partial charge in [0.1, 0.15) is 5.54 Å². The number of hydrogen-bond acceptors (Lipinski definition) is 3. The molecule has 0 aliphatic carbocycles. The normalized spacial score (nSPS) is 12.5. The highest BCUT2D eigenvalue weighted by atomic mass is 35.5. The van der Waals surface area contributed by atoms with Gasteiger partial charge in [-0.2, -0.15) is 0 Å². The van der Waals surface area contributed by atoms with Crippen molar-refractivity contribution in [2.45, 2.75) is 33.2 Å². The number of benzene rings is 2. The standard InChI is InChI=1S/C20H25N3O2.ClH/c1-13-10-14(2)18(15(3)11-13)23-17(24)12-22-19(25)20(4,21)16-8-6-5-7-9-16;/h5-11H,12,21H2,1-4H3,(H,22,25)(H,23,24);1H. The van der Waals surface area contributed by atoms with Crippen LogP contribution in [-0.4, -0.2) is 18.4 Å². The molecule has 0 bridgehead atoms. The summed E-state index contributed by atoms with van der Waals surface area (Å²) in [6.45, 7) is 7.40. The molecule has 2 aromatic rings. The van der Waals surface area contributed by atoms with E-state index in [0.717, 1.165) is 22.4 Å². The molecule has 0 fully saturated rings. The van der Waals surface area contributed by atoms with Crippen molar-refractivity contribution < 1.29 is 9.59 Å². The van der Waals surface area contributed by atoms with E-state index < -0.39 is 11.4 Å². The van der Waals surface area contributed by atoms with Crippen molar-refractivity contribution >= 4 is 29.9 Å². The molecule has 0 spiro atoms. The van der Waals surface area contributed by atoms with Crippen LogP contribution in [0, 0.1) is 20.8 Å². The second-order valence-electron chi connectivity index (χ2n) is 6.57. The molecule has 0 aliphatic rings. The van der Waals surface area contributed by atoms with E-state index in [0.29, 0.717) is 5.56 Å². The molecule has 0 saturated heterocycles. The quantitative estimate of drug-likeness (QED) is 0.751. The molecule has 0 radical (unpaired) electrons. The minimum absolute atomic E-state index is 0. The van der Waals surface area contributed by atoms with Gasteiger partial charge in [-0.1, -0.05) is 48.0 Å². The molecule has 5 nitrogen and oxygen atoms in total. The number of nitrogens with two attached hydrogens (primary N) is 1. The van der Waals surface area contributed by atoms with E-state index in [1.165, 1.54) is 0 Å². The van der Waals surface area contributed by atoms with E-state index in [1.807, 2.05) is 51.1 Å². The molecule has 2 aromatic carbocycles. The van der Waals surface area contributed by atoms with Crippen LogP contribution < -0.4 is 16.4 Å².